The van der Waals surface area contributed by atoms with Crippen LogP contribution in [0.4, 0.5) is 0 Å². The predicted octanol–water partition coefficient (Wildman–Crippen LogP) is 7.04. The average molecular weight is 396 g/mol. The highest BCUT2D eigenvalue weighted by Crippen LogP contribution is 2.12. The van der Waals surface area contributed by atoms with E-state index in [9.17, 15) is 4.79 Å². The molecule has 0 aliphatic heterocycles. The van der Waals surface area contributed by atoms with Crippen molar-refractivity contribution in [3.05, 3.63) is 12.2 Å². The van der Waals surface area contributed by atoms with E-state index in [4.69, 9.17) is 5.11 Å². The Hall–Kier alpha value is -0.830. The number of hydrogen-bond donors (Lipinski definition) is 1. The first-order chi connectivity index (χ1) is 13.7. The molecule has 3 heteroatoms. The highest BCUT2D eigenvalue weighted by atomic mass is 16.3. The van der Waals surface area contributed by atoms with E-state index in [1.54, 1.807) is 11.9 Å². The van der Waals surface area contributed by atoms with Crippen molar-refractivity contribution in [1.82, 2.24) is 4.90 Å². The average Bonchev–Trinajstić information content (AvgIpc) is 2.69. The molecule has 1 amide bonds. The molecule has 0 aliphatic rings. The summed E-state index contributed by atoms with van der Waals surface area (Å²) in [6, 6.07) is 0. The maximum atomic E-state index is 11.7. The third-order valence-corrected chi connectivity index (χ3v) is 5.51. The van der Waals surface area contributed by atoms with E-state index in [1.165, 1.54) is 96.3 Å². The molecule has 0 atom stereocenters. The molecule has 0 unspecified atom stereocenters. The fourth-order valence-corrected chi connectivity index (χ4v) is 3.52. The van der Waals surface area contributed by atoms with Crippen molar-refractivity contribution in [1.29, 1.82) is 0 Å². The van der Waals surface area contributed by atoms with E-state index in [0.717, 1.165) is 12.8 Å². The molecule has 0 radical (unpaired) electrons. The number of aliphatic hydroxyl groups is 1. The van der Waals surface area contributed by atoms with Gasteiger partial charge in [-0.25, -0.2) is 0 Å². The topological polar surface area (TPSA) is 40.5 Å². The SMILES string of the molecule is CCCCCCCC/C=C\CCCCCCCCCCCC(=O)N(C)CCO. The quantitative estimate of drug-likeness (QED) is 0.167. The second-order valence-corrected chi connectivity index (χ2v) is 8.29. The van der Waals surface area contributed by atoms with Gasteiger partial charge in [-0.1, -0.05) is 96.1 Å². The van der Waals surface area contributed by atoms with Gasteiger partial charge >= 0.3 is 0 Å². The Kier molecular flexibility index (Phi) is 21.8. The Bertz CT molecular complexity index is 354. The lowest BCUT2D eigenvalue weighted by atomic mass is 10.1. The third-order valence-electron chi connectivity index (χ3n) is 5.51. The van der Waals surface area contributed by atoms with Crippen LogP contribution in [0, 0.1) is 0 Å². The molecular weight excluding hydrogens is 346 g/mol. The fraction of sp³-hybridized carbons (Fsp3) is 0.880. The summed E-state index contributed by atoms with van der Waals surface area (Å²) in [6.07, 6.45) is 27.8. The highest BCUT2D eigenvalue weighted by Gasteiger charge is 2.06. The van der Waals surface area contributed by atoms with Gasteiger partial charge in [-0.2, -0.15) is 0 Å². The van der Waals surface area contributed by atoms with Gasteiger partial charge in [-0.15, -0.1) is 0 Å². The number of carbonyl (C=O) groups is 1. The number of rotatable bonds is 21. The molecule has 0 saturated heterocycles. The molecule has 28 heavy (non-hydrogen) atoms. The molecule has 0 spiro atoms. The van der Waals surface area contributed by atoms with E-state index in [2.05, 4.69) is 19.1 Å². The smallest absolute Gasteiger partial charge is 0.222 e. The van der Waals surface area contributed by atoms with Crippen molar-refractivity contribution in [2.75, 3.05) is 20.2 Å². The second kappa shape index (κ2) is 22.5. The van der Waals surface area contributed by atoms with Crippen LogP contribution in [0.3, 0.4) is 0 Å². The van der Waals surface area contributed by atoms with Crippen molar-refractivity contribution in [3.8, 4) is 0 Å². The minimum Gasteiger partial charge on any atom is -0.395 e. The van der Waals surface area contributed by atoms with Crippen LogP contribution in [-0.2, 0) is 4.79 Å². The summed E-state index contributed by atoms with van der Waals surface area (Å²) in [5.41, 5.74) is 0. The zero-order valence-electron chi connectivity index (χ0n) is 19.1. The van der Waals surface area contributed by atoms with Crippen molar-refractivity contribution in [2.24, 2.45) is 0 Å². The van der Waals surface area contributed by atoms with Gasteiger partial charge in [-0.3, -0.25) is 4.79 Å². The largest absolute Gasteiger partial charge is 0.395 e. The first kappa shape index (κ1) is 27.2. The van der Waals surface area contributed by atoms with Crippen molar-refractivity contribution in [2.45, 2.75) is 122 Å². The maximum absolute atomic E-state index is 11.7. The number of allylic oxidation sites excluding steroid dienone is 2. The molecule has 0 aromatic heterocycles. The second-order valence-electron chi connectivity index (χ2n) is 8.29. The molecule has 0 aromatic carbocycles. The first-order valence-electron chi connectivity index (χ1n) is 12.2. The molecule has 0 bridgehead atoms. The standard InChI is InChI=1S/C25H49NO2/c1-3-4-5-6-7-8-9-10-11-12-13-14-15-16-17-18-19-20-21-22-25(28)26(2)23-24-27/h10-11,27H,3-9,12-24H2,1-2H3/b11-10-. The molecule has 0 rings (SSSR count). The van der Waals surface area contributed by atoms with Crippen LogP contribution in [-0.4, -0.2) is 36.1 Å². The summed E-state index contributed by atoms with van der Waals surface area (Å²) >= 11 is 0. The summed E-state index contributed by atoms with van der Waals surface area (Å²) < 4.78 is 0. The predicted molar refractivity (Wildman–Crippen MR) is 123 cm³/mol. The highest BCUT2D eigenvalue weighted by molar-refractivity contribution is 5.75. The van der Waals surface area contributed by atoms with Gasteiger partial charge in [0.05, 0.1) is 6.61 Å². The Labute approximate surface area is 176 Å². The van der Waals surface area contributed by atoms with Crippen LogP contribution >= 0.6 is 0 Å². The molecule has 3 nitrogen and oxygen atoms in total. The summed E-state index contributed by atoms with van der Waals surface area (Å²) in [7, 11) is 1.77. The van der Waals surface area contributed by atoms with E-state index in [1.807, 2.05) is 0 Å². The number of likely N-dealkylation sites (N-methyl/N-ethyl adjacent to an activating group) is 1. The lowest BCUT2D eigenvalue weighted by Gasteiger charge is -2.15. The zero-order chi connectivity index (χ0) is 20.7. The first-order valence-corrected chi connectivity index (χ1v) is 12.2. The summed E-state index contributed by atoms with van der Waals surface area (Å²) in [5, 5.41) is 8.82. The van der Waals surface area contributed by atoms with Gasteiger partial charge in [0.2, 0.25) is 5.91 Å². The van der Waals surface area contributed by atoms with E-state index in [-0.39, 0.29) is 12.5 Å². The summed E-state index contributed by atoms with van der Waals surface area (Å²) in [6.45, 7) is 2.78. The van der Waals surface area contributed by atoms with Crippen LogP contribution in [0.1, 0.15) is 122 Å². The molecular formula is C25H49NO2. The van der Waals surface area contributed by atoms with Gasteiger partial charge in [-0.05, 0) is 32.1 Å². The van der Waals surface area contributed by atoms with Crippen LogP contribution in [0.15, 0.2) is 12.2 Å². The maximum Gasteiger partial charge on any atom is 0.222 e. The molecule has 0 aromatic rings. The van der Waals surface area contributed by atoms with Gasteiger partial charge in [0.25, 0.3) is 0 Å². The minimum absolute atomic E-state index is 0.0533. The fourth-order valence-electron chi connectivity index (χ4n) is 3.52. The lowest BCUT2D eigenvalue weighted by molar-refractivity contribution is -0.130. The minimum atomic E-state index is 0.0533. The summed E-state index contributed by atoms with van der Waals surface area (Å²) in [4.78, 5) is 13.4. The van der Waals surface area contributed by atoms with Gasteiger partial charge < -0.3 is 10.0 Å². The Balaban J connectivity index is 3.19. The molecule has 0 fully saturated rings. The Morgan fingerprint density at radius 2 is 1.14 bits per heavy atom. The van der Waals surface area contributed by atoms with E-state index < -0.39 is 0 Å². The lowest BCUT2D eigenvalue weighted by Crippen LogP contribution is -2.29. The normalized spacial score (nSPS) is 11.4. The number of amides is 1. The van der Waals surface area contributed by atoms with Crippen LogP contribution < -0.4 is 0 Å². The molecule has 0 aliphatic carbocycles. The van der Waals surface area contributed by atoms with Crippen molar-refractivity contribution >= 4 is 5.91 Å². The molecule has 1 N–H and O–H groups in total. The number of hydrogen-bond acceptors (Lipinski definition) is 2. The summed E-state index contributed by atoms with van der Waals surface area (Å²) in [5.74, 6) is 0.162. The number of carbonyl (C=O) groups excluding carboxylic acids is 1. The third kappa shape index (κ3) is 19.9. The van der Waals surface area contributed by atoms with Gasteiger partial charge in [0.15, 0.2) is 0 Å². The van der Waals surface area contributed by atoms with Crippen molar-refractivity contribution < 1.29 is 9.90 Å². The monoisotopic (exact) mass is 395 g/mol. The van der Waals surface area contributed by atoms with E-state index >= 15 is 0 Å². The Morgan fingerprint density at radius 1 is 0.714 bits per heavy atom. The van der Waals surface area contributed by atoms with Crippen LogP contribution in [0.5, 0.6) is 0 Å². The van der Waals surface area contributed by atoms with Crippen molar-refractivity contribution in [3.63, 3.8) is 0 Å². The zero-order valence-corrected chi connectivity index (χ0v) is 19.1. The van der Waals surface area contributed by atoms with Gasteiger partial charge in [0.1, 0.15) is 0 Å². The molecule has 0 saturated carbocycles. The van der Waals surface area contributed by atoms with Crippen LogP contribution in [0.2, 0.25) is 0 Å². The number of nitrogens with zero attached hydrogens (tertiary/aromatic N) is 1. The Morgan fingerprint density at radius 3 is 1.61 bits per heavy atom. The molecule has 166 valence electrons. The van der Waals surface area contributed by atoms with Gasteiger partial charge in [0, 0.05) is 20.0 Å². The van der Waals surface area contributed by atoms with Crippen LogP contribution in [0.25, 0.3) is 0 Å². The number of unbranched alkanes of at least 4 members (excludes halogenated alkanes) is 15. The molecule has 0 heterocycles. The van der Waals surface area contributed by atoms with E-state index in [0.29, 0.717) is 13.0 Å². The number of aliphatic hydroxyl groups excluding tert-OH is 1.